The van der Waals surface area contributed by atoms with Crippen molar-refractivity contribution >= 4 is 79.1 Å². The minimum Gasteiger partial charge on any atom is -0.497 e. The van der Waals surface area contributed by atoms with Gasteiger partial charge < -0.3 is 9.72 Å². The molecule has 1 unspecified atom stereocenters. The van der Waals surface area contributed by atoms with Crippen LogP contribution in [0.25, 0.3) is 38.8 Å². The van der Waals surface area contributed by atoms with Crippen LogP contribution in [0.1, 0.15) is 29.4 Å². The monoisotopic (exact) mass is 837 g/mol. The molecule has 0 spiro atoms. The van der Waals surface area contributed by atoms with E-state index in [0.29, 0.717) is 28.0 Å². The standard InChI is InChI=1S/C41H30Cl2IN5O3/c1-52-29-15-11-24(12-16-29)35-22-37(39-30-9-5-6-10-33(30)46-40(39)25-7-3-2-4-8-25)48(47-35)23-28(50)21-38-45-34-17-14-27(44)20-31(34)41(51)49(38)36-18-13-26(42)19-32(36)43/h2-20,37,46H,21-23H2,1H3. The quantitative estimate of drug-likeness (QED) is 0.146. The molecule has 0 fully saturated rings. The minimum atomic E-state index is -0.319. The summed E-state index contributed by atoms with van der Waals surface area (Å²) in [5.74, 6) is 0.861. The maximum Gasteiger partial charge on any atom is 0.266 e. The van der Waals surface area contributed by atoms with Crippen molar-refractivity contribution < 1.29 is 9.53 Å². The van der Waals surface area contributed by atoms with Gasteiger partial charge in [0.25, 0.3) is 5.56 Å². The van der Waals surface area contributed by atoms with Gasteiger partial charge in [0.2, 0.25) is 0 Å². The van der Waals surface area contributed by atoms with Crippen LogP contribution in [0.5, 0.6) is 5.75 Å². The van der Waals surface area contributed by atoms with Crippen LogP contribution in [0.2, 0.25) is 10.0 Å². The van der Waals surface area contributed by atoms with Gasteiger partial charge in [0.05, 0.1) is 59.1 Å². The normalized spacial score (nSPS) is 14.3. The summed E-state index contributed by atoms with van der Waals surface area (Å²) in [7, 11) is 1.64. The number of para-hydroxylation sites is 1. The second-order valence-electron chi connectivity index (χ2n) is 12.6. The number of ether oxygens (including phenoxy) is 1. The van der Waals surface area contributed by atoms with E-state index >= 15 is 0 Å². The summed E-state index contributed by atoms with van der Waals surface area (Å²) in [6, 6.07) is 36.3. The Labute approximate surface area is 322 Å². The molecule has 1 atom stereocenters. The molecule has 258 valence electrons. The van der Waals surface area contributed by atoms with Crippen LogP contribution in [-0.4, -0.2) is 44.7 Å². The lowest BCUT2D eigenvalue weighted by molar-refractivity contribution is -0.120. The molecular weight excluding hydrogens is 808 g/mol. The molecule has 0 aliphatic carbocycles. The van der Waals surface area contributed by atoms with Gasteiger partial charge in [-0.25, -0.2) is 4.98 Å². The van der Waals surface area contributed by atoms with Crippen molar-refractivity contribution in [1.29, 1.82) is 0 Å². The van der Waals surface area contributed by atoms with Gasteiger partial charge in [0, 0.05) is 31.5 Å². The number of hydrogen-bond donors (Lipinski definition) is 1. The summed E-state index contributed by atoms with van der Waals surface area (Å²) < 4.78 is 7.72. The number of methoxy groups -OCH3 is 1. The lowest BCUT2D eigenvalue weighted by Gasteiger charge is -2.24. The molecule has 0 bridgehead atoms. The van der Waals surface area contributed by atoms with Crippen LogP contribution >= 0.6 is 45.8 Å². The molecule has 0 amide bonds. The smallest absolute Gasteiger partial charge is 0.266 e. The number of carbonyl (C=O) groups excluding carboxylic acids is 1. The van der Waals surface area contributed by atoms with E-state index in [4.69, 9.17) is 38.0 Å². The Kier molecular flexibility index (Phi) is 9.33. The molecule has 3 heterocycles. The number of nitrogens with one attached hydrogen (secondary N) is 1. The van der Waals surface area contributed by atoms with Gasteiger partial charge >= 0.3 is 0 Å². The maximum absolute atomic E-state index is 14.3. The van der Waals surface area contributed by atoms with Crippen LogP contribution in [0, 0.1) is 3.57 Å². The molecule has 8 rings (SSSR count). The van der Waals surface area contributed by atoms with Crippen LogP contribution < -0.4 is 10.3 Å². The van der Waals surface area contributed by atoms with Crippen molar-refractivity contribution in [3.05, 3.63) is 156 Å². The molecule has 1 aliphatic heterocycles. The summed E-state index contributed by atoms with van der Waals surface area (Å²) in [5.41, 5.74) is 6.46. The first kappa shape index (κ1) is 34.1. The largest absolute Gasteiger partial charge is 0.497 e. The van der Waals surface area contributed by atoms with Crippen LogP contribution in [0.4, 0.5) is 0 Å². The fraction of sp³-hybridized carbons (Fsp3) is 0.122. The number of H-pyrrole nitrogens is 1. The van der Waals surface area contributed by atoms with Crippen LogP contribution in [0.15, 0.2) is 125 Å². The van der Waals surface area contributed by atoms with Crippen molar-refractivity contribution in [1.82, 2.24) is 19.5 Å². The van der Waals surface area contributed by atoms with Gasteiger partial charge in [0.15, 0.2) is 5.78 Å². The minimum absolute atomic E-state index is 0.0208. The van der Waals surface area contributed by atoms with Gasteiger partial charge in [-0.3, -0.25) is 19.2 Å². The number of nitrogens with zero attached hydrogens (tertiary/aromatic N) is 4. The first-order chi connectivity index (χ1) is 25.3. The zero-order chi connectivity index (χ0) is 35.9. The topological polar surface area (TPSA) is 92.6 Å². The fourth-order valence-corrected chi connectivity index (χ4v) is 7.88. The molecule has 8 nitrogen and oxygen atoms in total. The zero-order valence-corrected chi connectivity index (χ0v) is 31.5. The Morgan fingerprint density at radius 2 is 1.67 bits per heavy atom. The third-order valence-electron chi connectivity index (χ3n) is 9.30. The third-order valence-corrected chi connectivity index (χ3v) is 10.5. The molecule has 1 N–H and O–H groups in total. The van der Waals surface area contributed by atoms with E-state index < -0.39 is 0 Å². The Morgan fingerprint density at radius 3 is 2.44 bits per heavy atom. The summed E-state index contributed by atoms with van der Waals surface area (Å²) in [6.07, 6.45) is 0.436. The Balaban J connectivity index is 1.22. The second kappa shape index (κ2) is 14.2. The highest BCUT2D eigenvalue weighted by Crippen LogP contribution is 2.42. The predicted molar refractivity (Wildman–Crippen MR) is 216 cm³/mol. The summed E-state index contributed by atoms with van der Waals surface area (Å²) in [5, 5.41) is 9.18. The second-order valence-corrected chi connectivity index (χ2v) is 14.6. The molecule has 2 aromatic heterocycles. The zero-order valence-electron chi connectivity index (χ0n) is 27.8. The van der Waals surface area contributed by atoms with E-state index in [0.717, 1.165) is 48.3 Å². The van der Waals surface area contributed by atoms with Crippen molar-refractivity contribution in [2.45, 2.75) is 18.9 Å². The number of aromatic nitrogens is 3. The van der Waals surface area contributed by atoms with Crippen molar-refractivity contribution in [2.75, 3.05) is 13.7 Å². The molecule has 11 heteroatoms. The van der Waals surface area contributed by atoms with E-state index in [1.54, 1.807) is 37.4 Å². The van der Waals surface area contributed by atoms with Crippen molar-refractivity contribution in [2.24, 2.45) is 5.10 Å². The number of rotatable bonds is 9. The Hall–Kier alpha value is -4.97. The van der Waals surface area contributed by atoms with Gasteiger partial charge in [-0.1, -0.05) is 71.7 Å². The Bertz CT molecular complexity index is 2590. The molecule has 0 saturated carbocycles. The van der Waals surface area contributed by atoms with E-state index in [2.05, 4.69) is 51.8 Å². The molecular formula is C41H30Cl2IN5O3. The lowest BCUT2D eigenvalue weighted by Crippen LogP contribution is -2.31. The average molecular weight is 839 g/mol. The number of fused-ring (bicyclic) bond motifs is 2. The summed E-state index contributed by atoms with van der Waals surface area (Å²) in [4.78, 5) is 36.9. The fourth-order valence-electron chi connectivity index (χ4n) is 6.90. The molecule has 0 saturated heterocycles. The number of carbonyl (C=O) groups is 1. The lowest BCUT2D eigenvalue weighted by atomic mass is 9.93. The number of aromatic amines is 1. The predicted octanol–water partition coefficient (Wildman–Crippen LogP) is 9.42. The summed E-state index contributed by atoms with van der Waals surface area (Å²) >= 11 is 15.0. The maximum atomic E-state index is 14.3. The highest BCUT2D eigenvalue weighted by Gasteiger charge is 2.34. The molecule has 52 heavy (non-hydrogen) atoms. The average Bonchev–Trinajstić information content (AvgIpc) is 3.74. The van der Waals surface area contributed by atoms with E-state index in [1.807, 2.05) is 65.7 Å². The highest BCUT2D eigenvalue weighted by molar-refractivity contribution is 14.1. The number of hydrazone groups is 1. The van der Waals surface area contributed by atoms with E-state index in [9.17, 15) is 9.59 Å². The highest BCUT2D eigenvalue weighted by atomic mass is 127. The first-order valence-corrected chi connectivity index (χ1v) is 18.4. The van der Waals surface area contributed by atoms with E-state index in [-0.39, 0.29) is 41.2 Å². The van der Waals surface area contributed by atoms with Gasteiger partial charge in [-0.2, -0.15) is 5.10 Å². The van der Waals surface area contributed by atoms with Crippen molar-refractivity contribution in [3.63, 3.8) is 0 Å². The van der Waals surface area contributed by atoms with Crippen molar-refractivity contribution in [3.8, 4) is 22.7 Å². The molecule has 5 aromatic carbocycles. The van der Waals surface area contributed by atoms with Gasteiger partial charge in [0.1, 0.15) is 11.6 Å². The van der Waals surface area contributed by atoms with Gasteiger partial charge in [-0.05, 0) is 100 Å². The van der Waals surface area contributed by atoms with Crippen LogP contribution in [-0.2, 0) is 11.2 Å². The van der Waals surface area contributed by atoms with E-state index in [1.165, 1.54) is 4.57 Å². The molecule has 7 aromatic rings. The third kappa shape index (κ3) is 6.48. The number of Topliss-reactive ketones (excluding diaryl/α,β-unsaturated/α-hetero) is 1. The number of ketones is 1. The number of hydrogen-bond acceptors (Lipinski definition) is 6. The molecule has 0 radical (unpaired) electrons. The van der Waals surface area contributed by atoms with Crippen LogP contribution in [0.3, 0.4) is 0 Å². The molecule has 1 aliphatic rings. The summed E-state index contributed by atoms with van der Waals surface area (Å²) in [6.45, 7) is -0.0208. The first-order valence-electron chi connectivity index (χ1n) is 16.6. The SMILES string of the molecule is COc1ccc(C2=NN(CC(=O)Cc3nc4ccc(I)cc4c(=O)n3-c3ccc(Cl)cc3Cl)C(c3c(-c4ccccc4)[nH]c4ccccc34)C2)cc1. The number of benzene rings is 5. The van der Waals surface area contributed by atoms with Gasteiger partial charge in [-0.15, -0.1) is 0 Å². The number of halogens is 3. The Morgan fingerprint density at radius 1 is 0.904 bits per heavy atom.